The van der Waals surface area contributed by atoms with E-state index in [2.05, 4.69) is 20.4 Å². The number of nitrogens with zero attached hydrogens (tertiary/aromatic N) is 5. The molecule has 0 aliphatic carbocycles. The number of fused-ring (bicyclic) bond motifs is 1. The van der Waals surface area contributed by atoms with Crippen molar-refractivity contribution in [1.82, 2.24) is 19.6 Å². The SMILES string of the molecule is CC(C)N(CCO)c1cc(Nc2ccc(S(C)(=O)=O)cc2)n2ncnc2n1. The smallest absolute Gasteiger partial charge is 0.256 e. The van der Waals surface area contributed by atoms with E-state index in [1.807, 2.05) is 24.8 Å². The monoisotopic (exact) mass is 390 g/mol. The normalized spacial score (nSPS) is 11.9. The Hall–Kier alpha value is -2.72. The Labute approximate surface area is 157 Å². The molecule has 1 aromatic carbocycles. The maximum Gasteiger partial charge on any atom is 0.256 e. The number of anilines is 3. The van der Waals surface area contributed by atoms with Crippen LogP contribution in [-0.4, -0.2) is 58.6 Å². The van der Waals surface area contributed by atoms with Gasteiger partial charge in [0.05, 0.1) is 11.5 Å². The molecular formula is C17H22N6O3S. The van der Waals surface area contributed by atoms with Gasteiger partial charge in [0.25, 0.3) is 5.78 Å². The molecule has 2 N–H and O–H groups in total. The van der Waals surface area contributed by atoms with Crippen molar-refractivity contribution in [2.45, 2.75) is 24.8 Å². The molecule has 3 rings (SSSR count). The molecule has 0 aliphatic heterocycles. The van der Waals surface area contributed by atoms with Gasteiger partial charge >= 0.3 is 0 Å². The number of aliphatic hydroxyl groups excluding tert-OH is 1. The molecule has 0 radical (unpaired) electrons. The molecule has 0 amide bonds. The van der Waals surface area contributed by atoms with E-state index in [1.165, 1.54) is 12.6 Å². The van der Waals surface area contributed by atoms with E-state index in [0.717, 1.165) is 0 Å². The number of aliphatic hydroxyl groups is 1. The van der Waals surface area contributed by atoms with E-state index < -0.39 is 9.84 Å². The summed E-state index contributed by atoms with van der Waals surface area (Å²) in [7, 11) is -3.25. The van der Waals surface area contributed by atoms with Crippen molar-refractivity contribution in [2.24, 2.45) is 0 Å². The average molecular weight is 390 g/mol. The molecule has 0 fully saturated rings. The zero-order chi connectivity index (χ0) is 19.6. The summed E-state index contributed by atoms with van der Waals surface area (Å²) in [5.74, 6) is 1.71. The highest BCUT2D eigenvalue weighted by atomic mass is 32.2. The van der Waals surface area contributed by atoms with Crippen molar-refractivity contribution in [2.75, 3.05) is 29.6 Å². The van der Waals surface area contributed by atoms with Gasteiger partial charge in [-0.1, -0.05) is 0 Å². The van der Waals surface area contributed by atoms with Gasteiger partial charge in [-0.25, -0.2) is 8.42 Å². The third-order valence-corrected chi connectivity index (χ3v) is 5.18. The summed E-state index contributed by atoms with van der Waals surface area (Å²) < 4.78 is 24.8. The number of aromatic nitrogens is 4. The van der Waals surface area contributed by atoms with Crippen molar-refractivity contribution in [3.63, 3.8) is 0 Å². The molecule has 2 heterocycles. The molecule has 0 saturated heterocycles. The number of nitrogens with one attached hydrogen (secondary N) is 1. The third kappa shape index (κ3) is 4.17. The van der Waals surface area contributed by atoms with Crippen molar-refractivity contribution in [3.8, 4) is 0 Å². The lowest BCUT2D eigenvalue weighted by atomic mass is 10.3. The highest BCUT2D eigenvalue weighted by molar-refractivity contribution is 7.90. The molecule has 0 atom stereocenters. The molecule has 27 heavy (non-hydrogen) atoms. The van der Waals surface area contributed by atoms with E-state index >= 15 is 0 Å². The summed E-state index contributed by atoms with van der Waals surface area (Å²) in [6.45, 7) is 4.48. The zero-order valence-electron chi connectivity index (χ0n) is 15.4. The standard InChI is InChI=1S/C17H22N6O3S/c1-12(2)22(8-9-24)15-10-16(23-17(21-15)18-11-19-23)20-13-4-6-14(7-5-13)27(3,25)26/h4-7,10-12,20,24H,8-9H2,1-3H3. The quantitative estimate of drug-likeness (QED) is 0.624. The zero-order valence-corrected chi connectivity index (χ0v) is 16.2. The fourth-order valence-corrected chi connectivity index (χ4v) is 3.34. The van der Waals surface area contributed by atoms with Gasteiger partial charge in [-0.15, -0.1) is 0 Å². The maximum atomic E-state index is 11.6. The number of rotatable bonds is 7. The van der Waals surface area contributed by atoms with E-state index in [9.17, 15) is 13.5 Å². The van der Waals surface area contributed by atoms with E-state index in [0.29, 0.717) is 29.6 Å². The molecule has 0 aliphatic rings. The van der Waals surface area contributed by atoms with Crippen LogP contribution in [0.5, 0.6) is 0 Å². The largest absolute Gasteiger partial charge is 0.395 e. The summed E-state index contributed by atoms with van der Waals surface area (Å²) in [5.41, 5.74) is 0.703. The minimum atomic E-state index is -3.25. The van der Waals surface area contributed by atoms with Crippen LogP contribution < -0.4 is 10.2 Å². The predicted octanol–water partition coefficient (Wildman–Crippen LogP) is 1.48. The van der Waals surface area contributed by atoms with Gasteiger partial charge in [-0.3, -0.25) is 0 Å². The Morgan fingerprint density at radius 1 is 1.26 bits per heavy atom. The second-order valence-corrected chi connectivity index (χ2v) is 8.42. The average Bonchev–Trinajstić information content (AvgIpc) is 3.08. The first-order valence-corrected chi connectivity index (χ1v) is 10.3. The summed E-state index contributed by atoms with van der Waals surface area (Å²) in [4.78, 5) is 10.9. The van der Waals surface area contributed by atoms with Crippen LogP contribution in [0.2, 0.25) is 0 Å². The lowest BCUT2D eigenvalue weighted by molar-refractivity contribution is 0.298. The number of hydrogen-bond acceptors (Lipinski definition) is 8. The Morgan fingerprint density at radius 2 is 1.96 bits per heavy atom. The van der Waals surface area contributed by atoms with Gasteiger partial charge in [0.2, 0.25) is 0 Å². The fourth-order valence-electron chi connectivity index (χ4n) is 2.71. The number of hydrogen-bond donors (Lipinski definition) is 2. The summed E-state index contributed by atoms with van der Waals surface area (Å²) >= 11 is 0. The first kappa shape index (κ1) is 19.1. The molecule has 0 spiro atoms. The van der Waals surface area contributed by atoms with Crippen molar-refractivity contribution in [3.05, 3.63) is 36.7 Å². The van der Waals surface area contributed by atoms with Gasteiger partial charge in [0.15, 0.2) is 9.84 Å². The first-order chi connectivity index (χ1) is 12.8. The molecule has 0 saturated carbocycles. The Balaban J connectivity index is 1.99. The fraction of sp³-hybridized carbons (Fsp3) is 0.353. The van der Waals surface area contributed by atoms with Crippen LogP contribution in [0.25, 0.3) is 5.78 Å². The van der Waals surface area contributed by atoms with Crippen LogP contribution in [0.1, 0.15) is 13.8 Å². The number of benzene rings is 1. The lowest BCUT2D eigenvalue weighted by Crippen LogP contribution is -2.34. The minimum absolute atomic E-state index is 0.00739. The molecule has 0 bridgehead atoms. The Bertz CT molecular complexity index is 1030. The topological polar surface area (TPSA) is 113 Å². The van der Waals surface area contributed by atoms with Gasteiger partial charge in [-0.2, -0.15) is 19.6 Å². The van der Waals surface area contributed by atoms with Crippen LogP contribution in [0, 0.1) is 0 Å². The summed E-state index contributed by atoms with van der Waals surface area (Å²) in [5, 5.41) is 16.8. The van der Waals surface area contributed by atoms with Gasteiger partial charge in [0.1, 0.15) is 18.0 Å². The van der Waals surface area contributed by atoms with Crippen LogP contribution in [0.15, 0.2) is 41.6 Å². The molecule has 10 heteroatoms. The van der Waals surface area contributed by atoms with Crippen molar-refractivity contribution < 1.29 is 13.5 Å². The van der Waals surface area contributed by atoms with Gasteiger partial charge in [-0.05, 0) is 38.1 Å². The highest BCUT2D eigenvalue weighted by Gasteiger charge is 2.16. The predicted molar refractivity (Wildman–Crippen MR) is 103 cm³/mol. The maximum absolute atomic E-state index is 11.6. The van der Waals surface area contributed by atoms with Crippen molar-refractivity contribution in [1.29, 1.82) is 0 Å². The molecule has 144 valence electrons. The van der Waals surface area contributed by atoms with Crippen LogP contribution in [0.3, 0.4) is 0 Å². The number of sulfone groups is 1. The third-order valence-electron chi connectivity index (χ3n) is 4.05. The van der Waals surface area contributed by atoms with Crippen LogP contribution in [-0.2, 0) is 9.84 Å². The van der Waals surface area contributed by atoms with Gasteiger partial charge in [0, 0.05) is 30.6 Å². The second-order valence-electron chi connectivity index (χ2n) is 6.40. The minimum Gasteiger partial charge on any atom is -0.395 e. The van der Waals surface area contributed by atoms with E-state index in [4.69, 9.17) is 0 Å². The summed E-state index contributed by atoms with van der Waals surface area (Å²) in [6, 6.07) is 8.42. The molecule has 0 unspecified atom stereocenters. The van der Waals surface area contributed by atoms with E-state index in [1.54, 1.807) is 28.8 Å². The summed E-state index contributed by atoms with van der Waals surface area (Å²) in [6.07, 6.45) is 2.58. The van der Waals surface area contributed by atoms with Crippen LogP contribution in [0.4, 0.5) is 17.3 Å². The first-order valence-electron chi connectivity index (χ1n) is 8.45. The molecule has 3 aromatic rings. The van der Waals surface area contributed by atoms with E-state index in [-0.39, 0.29) is 17.5 Å². The van der Waals surface area contributed by atoms with Crippen molar-refractivity contribution >= 4 is 32.9 Å². The molecule has 2 aromatic heterocycles. The van der Waals surface area contributed by atoms with Crippen LogP contribution >= 0.6 is 0 Å². The van der Waals surface area contributed by atoms with Gasteiger partial charge < -0.3 is 15.3 Å². The highest BCUT2D eigenvalue weighted by Crippen LogP contribution is 2.24. The molecule has 9 nitrogen and oxygen atoms in total. The lowest BCUT2D eigenvalue weighted by Gasteiger charge is -2.27. The second kappa shape index (κ2) is 7.49. The molecular weight excluding hydrogens is 368 g/mol. The Kier molecular flexibility index (Phi) is 5.29. The Morgan fingerprint density at radius 3 is 2.56 bits per heavy atom.